The van der Waals surface area contributed by atoms with Gasteiger partial charge >= 0.3 is 6.03 Å². The normalized spacial score (nSPS) is 24.7. The average Bonchev–Trinajstić information content (AvgIpc) is 3.16. The van der Waals surface area contributed by atoms with E-state index in [-0.39, 0.29) is 18.0 Å². The molecule has 0 radical (unpaired) electrons. The summed E-state index contributed by atoms with van der Waals surface area (Å²) in [5.41, 5.74) is 0.741. The standard InChI is InChI=1S/C21H29N5O3/c27-19(23-14-16-6-4-10-22-13-16)18-12-21(29-25-18)9-5-11-26(15-21)20(28)24-17-7-2-1-3-8-17/h4,6,10,13,17H,1-3,5,7-9,11-12,14-15H2,(H,23,27)(H,24,28)/t21-/m0/s1. The van der Waals surface area contributed by atoms with Crippen molar-refractivity contribution >= 4 is 17.6 Å². The van der Waals surface area contributed by atoms with Crippen molar-refractivity contribution in [3.63, 3.8) is 0 Å². The molecule has 0 unspecified atom stereocenters. The predicted octanol–water partition coefficient (Wildman–Crippen LogP) is 2.35. The van der Waals surface area contributed by atoms with E-state index in [1.54, 1.807) is 12.4 Å². The van der Waals surface area contributed by atoms with E-state index in [0.717, 1.165) is 31.2 Å². The lowest BCUT2D eigenvalue weighted by Gasteiger charge is -2.39. The number of oxime groups is 1. The van der Waals surface area contributed by atoms with Crippen LogP contribution in [-0.2, 0) is 16.2 Å². The van der Waals surface area contributed by atoms with Gasteiger partial charge in [0, 0.05) is 37.9 Å². The summed E-state index contributed by atoms with van der Waals surface area (Å²) < 4.78 is 0. The van der Waals surface area contributed by atoms with E-state index in [9.17, 15) is 9.59 Å². The third kappa shape index (κ3) is 4.86. The number of amides is 3. The molecule has 2 N–H and O–H groups in total. The number of rotatable bonds is 4. The van der Waals surface area contributed by atoms with Crippen molar-refractivity contribution < 1.29 is 14.4 Å². The number of likely N-dealkylation sites (tertiary alicyclic amines) is 1. The summed E-state index contributed by atoms with van der Waals surface area (Å²) in [6.07, 6.45) is 11.2. The molecule has 3 heterocycles. The first-order chi connectivity index (χ1) is 14.1. The SMILES string of the molecule is O=C(NCc1cccnc1)C1=NO[C@@]2(CCCN(C(=O)NC3CCCCC3)C2)C1. The molecule has 1 aromatic rings. The van der Waals surface area contributed by atoms with Crippen molar-refractivity contribution in [2.24, 2.45) is 5.16 Å². The molecule has 3 aliphatic rings. The number of nitrogens with one attached hydrogen (secondary N) is 2. The topological polar surface area (TPSA) is 95.9 Å². The van der Waals surface area contributed by atoms with Gasteiger partial charge in [-0.25, -0.2) is 4.79 Å². The van der Waals surface area contributed by atoms with Crippen molar-refractivity contribution in [2.45, 2.75) is 69.6 Å². The number of pyridine rings is 1. The molecule has 2 fully saturated rings. The van der Waals surface area contributed by atoms with Gasteiger partial charge in [-0.15, -0.1) is 0 Å². The van der Waals surface area contributed by atoms with E-state index < -0.39 is 5.60 Å². The number of hydrogen-bond acceptors (Lipinski definition) is 5. The highest BCUT2D eigenvalue weighted by Gasteiger charge is 2.45. The Morgan fingerprint density at radius 2 is 2.10 bits per heavy atom. The van der Waals surface area contributed by atoms with Crippen LogP contribution in [0.15, 0.2) is 29.7 Å². The summed E-state index contributed by atoms with van der Waals surface area (Å²) in [6, 6.07) is 4.01. The molecule has 29 heavy (non-hydrogen) atoms. The van der Waals surface area contributed by atoms with E-state index in [1.165, 1.54) is 19.3 Å². The predicted molar refractivity (Wildman–Crippen MR) is 108 cm³/mol. The van der Waals surface area contributed by atoms with Crippen LogP contribution in [0.1, 0.15) is 56.9 Å². The van der Waals surface area contributed by atoms with E-state index in [2.05, 4.69) is 20.8 Å². The highest BCUT2D eigenvalue weighted by atomic mass is 16.7. The summed E-state index contributed by atoms with van der Waals surface area (Å²) in [5, 5.41) is 10.1. The second kappa shape index (κ2) is 8.80. The van der Waals surface area contributed by atoms with Crippen LogP contribution in [0.2, 0.25) is 0 Å². The minimum Gasteiger partial charge on any atom is -0.386 e. The van der Waals surface area contributed by atoms with Gasteiger partial charge in [-0.05, 0) is 37.3 Å². The van der Waals surface area contributed by atoms with Crippen molar-refractivity contribution in [3.8, 4) is 0 Å². The molecular weight excluding hydrogens is 370 g/mol. The maximum absolute atomic E-state index is 12.7. The Morgan fingerprint density at radius 3 is 2.90 bits per heavy atom. The minimum atomic E-state index is -0.580. The molecular formula is C21H29N5O3. The second-order valence-electron chi connectivity index (χ2n) is 8.34. The van der Waals surface area contributed by atoms with E-state index in [1.807, 2.05) is 17.0 Å². The quantitative estimate of drug-likeness (QED) is 0.812. The third-order valence-electron chi connectivity index (χ3n) is 6.04. The molecule has 156 valence electrons. The van der Waals surface area contributed by atoms with Gasteiger partial charge in [0.1, 0.15) is 5.71 Å². The first-order valence-electron chi connectivity index (χ1n) is 10.6. The Kier molecular flexibility index (Phi) is 5.97. The van der Waals surface area contributed by atoms with Gasteiger partial charge in [-0.1, -0.05) is 30.5 Å². The van der Waals surface area contributed by atoms with Crippen LogP contribution in [0.25, 0.3) is 0 Å². The molecule has 2 aliphatic heterocycles. The molecule has 8 heteroatoms. The molecule has 1 atom stereocenters. The maximum atomic E-state index is 12.7. The average molecular weight is 399 g/mol. The Morgan fingerprint density at radius 1 is 1.24 bits per heavy atom. The van der Waals surface area contributed by atoms with E-state index in [0.29, 0.717) is 31.8 Å². The number of aromatic nitrogens is 1. The van der Waals surface area contributed by atoms with Crippen molar-refractivity contribution in [1.82, 2.24) is 20.5 Å². The number of urea groups is 1. The molecule has 0 aromatic carbocycles. The monoisotopic (exact) mass is 399 g/mol. The Balaban J connectivity index is 1.29. The Bertz CT molecular complexity index is 763. The van der Waals surface area contributed by atoms with Crippen molar-refractivity contribution in [3.05, 3.63) is 30.1 Å². The van der Waals surface area contributed by atoms with Gasteiger partial charge in [0.25, 0.3) is 5.91 Å². The maximum Gasteiger partial charge on any atom is 0.317 e. The summed E-state index contributed by atoms with van der Waals surface area (Å²) in [4.78, 5) is 36.8. The largest absolute Gasteiger partial charge is 0.386 e. The summed E-state index contributed by atoms with van der Waals surface area (Å²) >= 11 is 0. The lowest BCUT2D eigenvalue weighted by atomic mass is 9.88. The molecule has 1 saturated heterocycles. The molecule has 1 spiro atoms. The molecule has 0 bridgehead atoms. The number of nitrogens with zero attached hydrogens (tertiary/aromatic N) is 3. The molecule has 4 rings (SSSR count). The first-order valence-corrected chi connectivity index (χ1v) is 10.6. The van der Waals surface area contributed by atoms with Gasteiger partial charge in [-0.2, -0.15) is 0 Å². The number of carbonyl (C=O) groups excluding carboxylic acids is 2. The molecule has 1 aliphatic carbocycles. The van der Waals surface area contributed by atoms with Crippen LogP contribution < -0.4 is 10.6 Å². The highest BCUT2D eigenvalue weighted by molar-refractivity contribution is 6.39. The van der Waals surface area contributed by atoms with Gasteiger partial charge in [-0.3, -0.25) is 9.78 Å². The fourth-order valence-corrected chi connectivity index (χ4v) is 4.43. The fourth-order valence-electron chi connectivity index (χ4n) is 4.43. The van der Waals surface area contributed by atoms with Crippen LogP contribution in [-0.4, -0.2) is 52.3 Å². The van der Waals surface area contributed by atoms with Gasteiger partial charge in [0.05, 0.1) is 6.54 Å². The third-order valence-corrected chi connectivity index (χ3v) is 6.04. The lowest BCUT2D eigenvalue weighted by molar-refractivity contribution is -0.115. The summed E-state index contributed by atoms with van der Waals surface area (Å²) in [5.74, 6) is -0.227. The fraction of sp³-hybridized carbons (Fsp3) is 0.619. The zero-order valence-electron chi connectivity index (χ0n) is 16.7. The summed E-state index contributed by atoms with van der Waals surface area (Å²) in [6.45, 7) is 1.58. The van der Waals surface area contributed by atoms with Gasteiger partial charge < -0.3 is 20.4 Å². The van der Waals surface area contributed by atoms with Crippen LogP contribution in [0, 0.1) is 0 Å². The van der Waals surface area contributed by atoms with E-state index in [4.69, 9.17) is 4.84 Å². The molecule has 1 saturated carbocycles. The Hall–Kier alpha value is -2.64. The van der Waals surface area contributed by atoms with Crippen LogP contribution >= 0.6 is 0 Å². The Labute approximate surface area is 171 Å². The smallest absolute Gasteiger partial charge is 0.317 e. The van der Waals surface area contributed by atoms with Gasteiger partial charge in [0.2, 0.25) is 0 Å². The number of carbonyl (C=O) groups is 2. The first kappa shape index (κ1) is 19.7. The molecule has 8 nitrogen and oxygen atoms in total. The molecule has 3 amide bonds. The van der Waals surface area contributed by atoms with Crippen LogP contribution in [0.5, 0.6) is 0 Å². The van der Waals surface area contributed by atoms with Gasteiger partial charge in [0.15, 0.2) is 5.60 Å². The zero-order valence-corrected chi connectivity index (χ0v) is 16.7. The highest BCUT2D eigenvalue weighted by Crippen LogP contribution is 2.33. The van der Waals surface area contributed by atoms with Crippen molar-refractivity contribution in [2.75, 3.05) is 13.1 Å². The lowest BCUT2D eigenvalue weighted by Crippen LogP contribution is -2.55. The zero-order chi connectivity index (χ0) is 20.1. The van der Waals surface area contributed by atoms with Crippen LogP contribution in [0.4, 0.5) is 4.79 Å². The number of hydrogen-bond donors (Lipinski definition) is 2. The van der Waals surface area contributed by atoms with E-state index >= 15 is 0 Å². The number of piperidine rings is 1. The summed E-state index contributed by atoms with van der Waals surface area (Å²) in [7, 11) is 0. The van der Waals surface area contributed by atoms with Crippen molar-refractivity contribution in [1.29, 1.82) is 0 Å². The molecule has 1 aromatic heterocycles. The second-order valence-corrected chi connectivity index (χ2v) is 8.34. The minimum absolute atomic E-state index is 0.0194. The van der Waals surface area contributed by atoms with Crippen LogP contribution in [0.3, 0.4) is 0 Å².